The zero-order valence-corrected chi connectivity index (χ0v) is 15.9. The Labute approximate surface area is 161 Å². The van der Waals surface area contributed by atoms with Crippen molar-refractivity contribution in [3.05, 3.63) is 74.6 Å². The zero-order chi connectivity index (χ0) is 18.3. The fraction of sp³-hybridized carbons (Fsp3) is 0.150. The molecule has 0 unspecified atom stereocenters. The average molecular weight is 435 g/mol. The first kappa shape index (κ1) is 17.4. The van der Waals surface area contributed by atoms with Gasteiger partial charge in [-0.2, -0.15) is 0 Å². The minimum Gasteiger partial charge on any atom is -0.493 e. The number of thiophene rings is 1. The molecule has 0 amide bonds. The summed E-state index contributed by atoms with van der Waals surface area (Å²) in [5.74, 6) is -0.907. The van der Waals surface area contributed by atoms with Crippen molar-refractivity contribution in [1.29, 1.82) is 0 Å². The third-order valence-electron chi connectivity index (χ3n) is 4.30. The van der Waals surface area contributed by atoms with Crippen molar-refractivity contribution in [2.45, 2.75) is 12.8 Å². The van der Waals surface area contributed by atoms with Gasteiger partial charge >= 0.3 is 0 Å². The van der Waals surface area contributed by atoms with Crippen molar-refractivity contribution in [1.82, 2.24) is 0 Å². The van der Waals surface area contributed by atoms with E-state index in [1.165, 1.54) is 29.5 Å². The number of carbonyl (C=O) groups is 1. The van der Waals surface area contributed by atoms with E-state index in [4.69, 9.17) is 4.74 Å². The summed E-state index contributed by atoms with van der Waals surface area (Å²) in [6.45, 7) is 0.522. The number of ether oxygens (including phenoxy) is 1. The summed E-state index contributed by atoms with van der Waals surface area (Å²) >= 11 is 4.81. The fourth-order valence-corrected chi connectivity index (χ4v) is 4.53. The lowest BCUT2D eigenvalue weighted by Crippen LogP contribution is -2.06. The highest BCUT2D eigenvalue weighted by Crippen LogP contribution is 2.42. The lowest BCUT2D eigenvalue weighted by atomic mass is 10.0. The second-order valence-electron chi connectivity index (χ2n) is 6.00. The van der Waals surface area contributed by atoms with E-state index in [2.05, 4.69) is 15.9 Å². The molecule has 0 N–H and O–H groups in total. The average Bonchev–Trinajstić information content (AvgIpc) is 2.96. The minimum absolute atomic E-state index is 0.187. The molecule has 6 heteroatoms. The van der Waals surface area contributed by atoms with E-state index in [-0.39, 0.29) is 17.8 Å². The van der Waals surface area contributed by atoms with Crippen molar-refractivity contribution >= 4 is 33.0 Å². The highest BCUT2D eigenvalue weighted by molar-refractivity contribution is 9.10. The molecule has 0 radical (unpaired) electrons. The predicted octanol–water partition coefficient (Wildman–Crippen LogP) is 5.82. The number of hydrogen-bond acceptors (Lipinski definition) is 3. The summed E-state index contributed by atoms with van der Waals surface area (Å²) in [7, 11) is 0. The molecule has 0 spiro atoms. The van der Waals surface area contributed by atoms with Gasteiger partial charge in [-0.05, 0) is 42.0 Å². The minimum atomic E-state index is -0.695. The fourth-order valence-electron chi connectivity index (χ4n) is 3.01. The van der Waals surface area contributed by atoms with Crippen LogP contribution < -0.4 is 4.74 Å². The Kier molecular flexibility index (Phi) is 4.63. The van der Waals surface area contributed by atoms with Crippen LogP contribution in [-0.4, -0.2) is 12.4 Å². The Morgan fingerprint density at radius 1 is 1.15 bits per heavy atom. The molecule has 4 rings (SSSR count). The number of halogens is 3. The largest absolute Gasteiger partial charge is 0.493 e. The molecule has 0 bridgehead atoms. The molecule has 0 saturated heterocycles. The standard InChI is InChI=1S/C20H13BrF2O2S/c21-12-4-5-18-14(9-12)20-11(6-7-25-18)8-19(26-20)17(24)10-13-15(22)2-1-3-16(13)23/h1-5,8-9H,6-7,10H2. The molecule has 132 valence electrons. The van der Waals surface area contributed by atoms with Crippen LogP contribution in [0.1, 0.15) is 20.8 Å². The van der Waals surface area contributed by atoms with Crippen LogP contribution in [0.2, 0.25) is 0 Å². The Morgan fingerprint density at radius 3 is 2.69 bits per heavy atom. The second kappa shape index (κ2) is 6.93. The summed E-state index contributed by atoms with van der Waals surface area (Å²) in [4.78, 5) is 14.1. The van der Waals surface area contributed by atoms with Gasteiger partial charge in [0.25, 0.3) is 0 Å². The number of ketones is 1. The molecule has 1 aliphatic heterocycles. The third kappa shape index (κ3) is 3.19. The maximum atomic E-state index is 13.8. The van der Waals surface area contributed by atoms with E-state index in [0.717, 1.165) is 26.2 Å². The summed E-state index contributed by atoms with van der Waals surface area (Å²) in [6.07, 6.45) is 0.388. The van der Waals surface area contributed by atoms with Crippen LogP contribution >= 0.6 is 27.3 Å². The van der Waals surface area contributed by atoms with Crippen LogP contribution in [0.15, 0.2) is 46.9 Å². The lowest BCUT2D eigenvalue weighted by molar-refractivity contribution is 0.0994. The van der Waals surface area contributed by atoms with Crippen LogP contribution in [0.25, 0.3) is 10.4 Å². The zero-order valence-electron chi connectivity index (χ0n) is 13.5. The summed E-state index contributed by atoms with van der Waals surface area (Å²) in [6, 6.07) is 11.2. The van der Waals surface area contributed by atoms with Gasteiger partial charge in [0.15, 0.2) is 5.78 Å². The van der Waals surface area contributed by atoms with Crippen molar-refractivity contribution in [2.24, 2.45) is 0 Å². The van der Waals surface area contributed by atoms with E-state index < -0.39 is 11.6 Å². The topological polar surface area (TPSA) is 26.3 Å². The Balaban J connectivity index is 1.71. The molecular weight excluding hydrogens is 422 g/mol. The maximum Gasteiger partial charge on any atom is 0.177 e. The molecule has 3 aromatic rings. The molecule has 2 heterocycles. The normalized spacial score (nSPS) is 12.7. The van der Waals surface area contributed by atoms with Crippen LogP contribution in [-0.2, 0) is 12.8 Å². The van der Waals surface area contributed by atoms with Gasteiger partial charge in [0.1, 0.15) is 17.4 Å². The smallest absolute Gasteiger partial charge is 0.177 e. The second-order valence-corrected chi connectivity index (χ2v) is 7.97. The van der Waals surface area contributed by atoms with Crippen LogP contribution in [0, 0.1) is 11.6 Å². The Bertz CT molecular complexity index is 993. The van der Waals surface area contributed by atoms with Crippen molar-refractivity contribution in [2.75, 3.05) is 6.61 Å². The Hall–Kier alpha value is -2.05. The van der Waals surface area contributed by atoms with E-state index in [1.807, 2.05) is 24.3 Å². The molecule has 1 aliphatic rings. The molecule has 2 nitrogen and oxygen atoms in total. The number of benzene rings is 2. The molecule has 0 atom stereocenters. The number of Topliss-reactive ketones (excluding diaryl/α,β-unsaturated/α-hetero) is 1. The van der Waals surface area contributed by atoms with Gasteiger partial charge in [0.05, 0.1) is 11.5 Å². The molecular formula is C20H13BrF2O2S. The van der Waals surface area contributed by atoms with Gasteiger partial charge in [-0.25, -0.2) is 8.78 Å². The Morgan fingerprint density at radius 2 is 1.92 bits per heavy atom. The molecule has 0 aliphatic carbocycles. The number of fused-ring (bicyclic) bond motifs is 3. The monoisotopic (exact) mass is 434 g/mol. The van der Waals surface area contributed by atoms with E-state index in [0.29, 0.717) is 17.9 Å². The first-order valence-electron chi connectivity index (χ1n) is 8.04. The first-order valence-corrected chi connectivity index (χ1v) is 9.65. The first-order chi connectivity index (χ1) is 12.5. The van der Waals surface area contributed by atoms with Gasteiger partial charge in [-0.3, -0.25) is 4.79 Å². The molecule has 2 aromatic carbocycles. The van der Waals surface area contributed by atoms with Gasteiger partial charge in [0, 0.05) is 33.3 Å². The highest BCUT2D eigenvalue weighted by Gasteiger charge is 2.22. The number of hydrogen-bond donors (Lipinski definition) is 0. The highest BCUT2D eigenvalue weighted by atomic mass is 79.9. The van der Waals surface area contributed by atoms with Crippen molar-refractivity contribution < 1.29 is 18.3 Å². The molecule has 0 fully saturated rings. The van der Waals surface area contributed by atoms with Gasteiger partial charge in [-0.1, -0.05) is 22.0 Å². The molecule has 0 saturated carbocycles. The number of rotatable bonds is 3. The molecule has 1 aromatic heterocycles. The van der Waals surface area contributed by atoms with E-state index in [1.54, 1.807) is 0 Å². The predicted molar refractivity (Wildman–Crippen MR) is 101 cm³/mol. The van der Waals surface area contributed by atoms with Crippen molar-refractivity contribution in [3.63, 3.8) is 0 Å². The van der Waals surface area contributed by atoms with Gasteiger partial charge in [0.2, 0.25) is 0 Å². The third-order valence-corrected chi connectivity index (χ3v) is 6.04. The van der Waals surface area contributed by atoms with E-state index >= 15 is 0 Å². The quantitative estimate of drug-likeness (QED) is 0.485. The molecule has 26 heavy (non-hydrogen) atoms. The summed E-state index contributed by atoms with van der Waals surface area (Å²) in [5.41, 5.74) is 1.75. The van der Waals surface area contributed by atoms with Crippen LogP contribution in [0.3, 0.4) is 0 Å². The van der Waals surface area contributed by atoms with E-state index in [9.17, 15) is 13.6 Å². The van der Waals surface area contributed by atoms with Crippen molar-refractivity contribution in [3.8, 4) is 16.2 Å². The van der Waals surface area contributed by atoms with Crippen LogP contribution in [0.5, 0.6) is 5.75 Å². The SMILES string of the molecule is O=C(Cc1c(F)cccc1F)c1cc2c(s1)-c1cc(Br)ccc1OCC2. The summed E-state index contributed by atoms with van der Waals surface area (Å²) < 4.78 is 34.4. The lowest BCUT2D eigenvalue weighted by Gasteiger charge is -2.07. The van der Waals surface area contributed by atoms with Crippen LogP contribution in [0.4, 0.5) is 8.78 Å². The maximum absolute atomic E-state index is 13.8. The summed E-state index contributed by atoms with van der Waals surface area (Å²) in [5, 5.41) is 0. The van der Waals surface area contributed by atoms with Gasteiger partial charge in [-0.15, -0.1) is 11.3 Å². The number of carbonyl (C=O) groups excluding carboxylic acids is 1. The van der Waals surface area contributed by atoms with Gasteiger partial charge < -0.3 is 4.74 Å².